The molecule has 1 aliphatic rings. The molecule has 7 heteroatoms. The summed E-state index contributed by atoms with van der Waals surface area (Å²) in [6.07, 6.45) is 2.18. The van der Waals surface area contributed by atoms with Crippen LogP contribution in [0.4, 0.5) is 0 Å². The van der Waals surface area contributed by atoms with E-state index in [1.165, 1.54) is 0 Å². The summed E-state index contributed by atoms with van der Waals surface area (Å²) in [5.74, 6) is 3.73. The van der Waals surface area contributed by atoms with Gasteiger partial charge in [-0.1, -0.05) is 17.3 Å². The van der Waals surface area contributed by atoms with Crippen LogP contribution in [-0.2, 0) is 6.54 Å². The van der Waals surface area contributed by atoms with Crippen LogP contribution < -0.4 is 5.32 Å². The summed E-state index contributed by atoms with van der Waals surface area (Å²) in [6, 6.07) is 7.29. The van der Waals surface area contributed by atoms with Gasteiger partial charge < -0.3 is 9.84 Å². The molecule has 2 aromatic rings. The zero-order chi connectivity index (χ0) is 15.4. The Hall–Kier alpha value is -1.34. The molecular formula is C15H16BrN3O2S. The van der Waals surface area contributed by atoms with Gasteiger partial charge in [0.1, 0.15) is 0 Å². The predicted molar refractivity (Wildman–Crippen MR) is 88.9 cm³/mol. The molecule has 3 rings (SSSR count). The molecule has 1 aliphatic heterocycles. The molecule has 1 saturated heterocycles. The molecule has 5 nitrogen and oxygen atoms in total. The monoisotopic (exact) mass is 381 g/mol. The summed E-state index contributed by atoms with van der Waals surface area (Å²) in [6.45, 7) is 0.245. The van der Waals surface area contributed by atoms with E-state index in [-0.39, 0.29) is 12.5 Å². The van der Waals surface area contributed by atoms with E-state index < -0.39 is 0 Å². The SMILES string of the molecule is O=C(NCc1nc(C2CCSCC2)no1)c1ccccc1Br. The molecule has 0 unspecified atom stereocenters. The van der Waals surface area contributed by atoms with Gasteiger partial charge in [0.05, 0.1) is 12.1 Å². The first-order valence-electron chi connectivity index (χ1n) is 7.17. The summed E-state index contributed by atoms with van der Waals surface area (Å²) < 4.78 is 6.00. The van der Waals surface area contributed by atoms with Crippen molar-refractivity contribution in [3.63, 3.8) is 0 Å². The smallest absolute Gasteiger partial charge is 0.252 e. The van der Waals surface area contributed by atoms with Gasteiger partial charge in [0.15, 0.2) is 5.82 Å². The number of nitrogens with one attached hydrogen (secondary N) is 1. The van der Waals surface area contributed by atoms with Crippen molar-refractivity contribution in [2.45, 2.75) is 25.3 Å². The lowest BCUT2D eigenvalue weighted by Crippen LogP contribution is -2.23. The van der Waals surface area contributed by atoms with Gasteiger partial charge in [-0.25, -0.2) is 0 Å². The minimum absolute atomic E-state index is 0.165. The Morgan fingerprint density at radius 1 is 1.36 bits per heavy atom. The summed E-state index contributed by atoms with van der Waals surface area (Å²) in [5, 5.41) is 6.86. The van der Waals surface area contributed by atoms with E-state index in [9.17, 15) is 4.79 Å². The molecule has 0 bridgehead atoms. The standard InChI is InChI=1S/C15H16BrN3O2S/c16-12-4-2-1-3-11(12)15(20)17-9-13-18-14(19-21-13)10-5-7-22-8-6-10/h1-4,10H,5-9H2,(H,17,20). The first-order valence-corrected chi connectivity index (χ1v) is 9.12. The van der Waals surface area contributed by atoms with Crippen LogP contribution in [0.25, 0.3) is 0 Å². The molecule has 1 amide bonds. The molecular weight excluding hydrogens is 366 g/mol. The normalized spacial score (nSPS) is 15.7. The number of carbonyl (C=O) groups excluding carboxylic acids is 1. The maximum absolute atomic E-state index is 12.1. The fourth-order valence-electron chi connectivity index (χ4n) is 2.36. The first-order chi connectivity index (χ1) is 10.7. The van der Waals surface area contributed by atoms with Crippen LogP contribution >= 0.6 is 27.7 Å². The van der Waals surface area contributed by atoms with E-state index in [1.54, 1.807) is 6.07 Å². The van der Waals surface area contributed by atoms with Gasteiger partial charge in [0, 0.05) is 10.4 Å². The van der Waals surface area contributed by atoms with Crippen molar-refractivity contribution in [1.29, 1.82) is 0 Å². The fourth-order valence-corrected chi connectivity index (χ4v) is 3.93. The van der Waals surface area contributed by atoms with Gasteiger partial charge >= 0.3 is 0 Å². The Morgan fingerprint density at radius 2 is 2.14 bits per heavy atom. The van der Waals surface area contributed by atoms with Gasteiger partial charge in [-0.3, -0.25) is 4.79 Å². The minimum atomic E-state index is -0.165. The minimum Gasteiger partial charge on any atom is -0.343 e. The molecule has 116 valence electrons. The Morgan fingerprint density at radius 3 is 2.91 bits per heavy atom. The van der Waals surface area contributed by atoms with Crippen LogP contribution in [-0.4, -0.2) is 27.6 Å². The van der Waals surface area contributed by atoms with E-state index >= 15 is 0 Å². The van der Waals surface area contributed by atoms with Crippen LogP contribution in [0.2, 0.25) is 0 Å². The summed E-state index contributed by atoms with van der Waals surface area (Å²) in [4.78, 5) is 16.5. The highest BCUT2D eigenvalue weighted by molar-refractivity contribution is 9.10. The third-order valence-corrected chi connectivity index (χ3v) is 5.33. The van der Waals surface area contributed by atoms with Gasteiger partial charge in [-0.15, -0.1) is 0 Å². The summed E-state index contributed by atoms with van der Waals surface area (Å²) >= 11 is 5.33. The average Bonchev–Trinajstić information content (AvgIpc) is 3.03. The number of aromatic nitrogens is 2. The van der Waals surface area contributed by atoms with Crippen molar-refractivity contribution in [3.05, 3.63) is 46.0 Å². The van der Waals surface area contributed by atoms with Crippen molar-refractivity contribution in [2.24, 2.45) is 0 Å². The molecule has 0 aliphatic carbocycles. The number of rotatable bonds is 4. The summed E-state index contributed by atoms with van der Waals surface area (Å²) in [7, 11) is 0. The lowest BCUT2D eigenvalue weighted by molar-refractivity contribution is 0.0945. The van der Waals surface area contributed by atoms with Crippen molar-refractivity contribution in [3.8, 4) is 0 Å². The Balaban J connectivity index is 1.59. The molecule has 0 atom stereocenters. The van der Waals surface area contributed by atoms with Crippen LogP contribution in [0.3, 0.4) is 0 Å². The van der Waals surface area contributed by atoms with Crippen molar-refractivity contribution in [1.82, 2.24) is 15.5 Å². The fraction of sp³-hybridized carbons (Fsp3) is 0.400. The van der Waals surface area contributed by atoms with Crippen LogP contribution in [0.1, 0.15) is 40.8 Å². The van der Waals surface area contributed by atoms with Crippen LogP contribution in [0.5, 0.6) is 0 Å². The van der Waals surface area contributed by atoms with Crippen molar-refractivity contribution < 1.29 is 9.32 Å². The second-order valence-electron chi connectivity index (χ2n) is 5.10. The zero-order valence-electron chi connectivity index (χ0n) is 11.9. The third kappa shape index (κ3) is 3.70. The molecule has 2 heterocycles. The maximum atomic E-state index is 12.1. The number of benzene rings is 1. The molecule has 0 saturated carbocycles. The number of hydrogen-bond acceptors (Lipinski definition) is 5. The van der Waals surface area contributed by atoms with E-state index in [0.717, 1.165) is 34.6 Å². The van der Waals surface area contributed by atoms with Crippen molar-refractivity contribution in [2.75, 3.05) is 11.5 Å². The van der Waals surface area contributed by atoms with Gasteiger partial charge in [0.25, 0.3) is 5.91 Å². The lowest BCUT2D eigenvalue weighted by atomic mass is 10.0. The lowest BCUT2D eigenvalue weighted by Gasteiger charge is -2.17. The number of thioether (sulfide) groups is 1. The first kappa shape index (κ1) is 15.6. The number of nitrogens with zero attached hydrogens (tertiary/aromatic N) is 2. The highest BCUT2D eigenvalue weighted by Crippen LogP contribution is 2.29. The largest absolute Gasteiger partial charge is 0.343 e. The van der Waals surface area contributed by atoms with Crippen LogP contribution in [0, 0.1) is 0 Å². The van der Waals surface area contributed by atoms with Crippen molar-refractivity contribution >= 4 is 33.6 Å². The predicted octanol–water partition coefficient (Wildman–Crippen LogP) is 3.37. The zero-order valence-corrected chi connectivity index (χ0v) is 14.3. The summed E-state index contributed by atoms with van der Waals surface area (Å²) in [5.41, 5.74) is 0.589. The Labute approximate surface area is 141 Å². The highest BCUT2D eigenvalue weighted by Gasteiger charge is 2.21. The molecule has 1 N–H and O–H groups in total. The molecule has 22 heavy (non-hydrogen) atoms. The number of hydrogen-bond donors (Lipinski definition) is 1. The van der Waals surface area contributed by atoms with E-state index in [4.69, 9.17) is 4.52 Å². The van der Waals surface area contributed by atoms with E-state index in [2.05, 4.69) is 31.4 Å². The van der Waals surface area contributed by atoms with Gasteiger partial charge in [-0.2, -0.15) is 16.7 Å². The Bertz CT molecular complexity index is 656. The average molecular weight is 382 g/mol. The molecule has 1 aromatic heterocycles. The van der Waals surface area contributed by atoms with Gasteiger partial charge in [0.2, 0.25) is 5.89 Å². The number of halogens is 1. The Kier molecular flexibility index (Phi) is 5.15. The van der Waals surface area contributed by atoms with Gasteiger partial charge in [-0.05, 0) is 52.4 Å². The topological polar surface area (TPSA) is 68.0 Å². The number of amides is 1. The number of carbonyl (C=O) groups is 1. The molecule has 0 radical (unpaired) electrons. The second kappa shape index (κ2) is 7.28. The molecule has 1 fully saturated rings. The molecule has 1 aromatic carbocycles. The molecule has 0 spiro atoms. The van der Waals surface area contributed by atoms with Crippen LogP contribution in [0.15, 0.2) is 33.3 Å². The second-order valence-corrected chi connectivity index (χ2v) is 7.17. The maximum Gasteiger partial charge on any atom is 0.252 e. The third-order valence-electron chi connectivity index (χ3n) is 3.59. The van der Waals surface area contributed by atoms with E-state index in [0.29, 0.717) is 17.4 Å². The van der Waals surface area contributed by atoms with E-state index in [1.807, 2.05) is 30.0 Å². The quantitative estimate of drug-likeness (QED) is 0.878. The highest BCUT2D eigenvalue weighted by atomic mass is 79.9.